The number of nitrogens with zero attached hydrogens (tertiary/aromatic N) is 1. The van der Waals surface area contributed by atoms with Gasteiger partial charge in [-0.15, -0.1) is 0 Å². The van der Waals surface area contributed by atoms with Gasteiger partial charge in [0, 0.05) is 12.5 Å². The van der Waals surface area contributed by atoms with Crippen LogP contribution in [0, 0.1) is 0 Å². The minimum absolute atomic E-state index is 0.0250. The highest BCUT2D eigenvalue weighted by Gasteiger charge is 2.39. The van der Waals surface area contributed by atoms with Crippen LogP contribution >= 0.6 is 0 Å². The third-order valence-electron chi connectivity index (χ3n) is 4.43. The van der Waals surface area contributed by atoms with Crippen LogP contribution in [0.1, 0.15) is 57.6 Å². The van der Waals surface area contributed by atoms with Crippen LogP contribution in [-0.2, 0) is 11.3 Å². The molecule has 0 spiro atoms. The van der Waals surface area contributed by atoms with Crippen LogP contribution < -0.4 is 4.74 Å². The number of likely N-dealkylation sites (tertiary alicyclic amines) is 1. The molecule has 0 aromatic heterocycles. The quantitative estimate of drug-likeness (QED) is 0.810. The Labute approximate surface area is 155 Å². The topological polar surface area (TPSA) is 79.2 Å². The predicted octanol–water partition coefficient (Wildman–Crippen LogP) is 3.05. The third kappa shape index (κ3) is 5.11. The van der Waals surface area contributed by atoms with Crippen LogP contribution in [0.2, 0.25) is 0 Å². The van der Waals surface area contributed by atoms with Crippen molar-refractivity contribution in [1.82, 2.24) is 4.90 Å². The molecule has 1 saturated heterocycles. The summed E-state index contributed by atoms with van der Waals surface area (Å²) in [7, 11) is 0. The Morgan fingerprint density at radius 3 is 2.58 bits per heavy atom. The Hall–Kier alpha value is -1.79. The van der Waals surface area contributed by atoms with E-state index in [0.29, 0.717) is 18.9 Å². The average Bonchev–Trinajstić information content (AvgIpc) is 3.02. The highest BCUT2D eigenvalue weighted by atomic mass is 16.6. The lowest BCUT2D eigenvalue weighted by atomic mass is 9.90. The number of carbonyl (C=O) groups is 1. The van der Waals surface area contributed by atoms with Crippen LogP contribution in [-0.4, -0.2) is 52.6 Å². The summed E-state index contributed by atoms with van der Waals surface area (Å²) in [5, 5.41) is 19.5. The van der Waals surface area contributed by atoms with Gasteiger partial charge in [-0.3, -0.25) is 0 Å². The molecule has 0 bridgehead atoms. The molecule has 0 saturated carbocycles. The highest BCUT2D eigenvalue weighted by Crippen LogP contribution is 2.36. The van der Waals surface area contributed by atoms with Crippen molar-refractivity contribution in [3.63, 3.8) is 0 Å². The van der Waals surface area contributed by atoms with Gasteiger partial charge in [0.2, 0.25) is 0 Å². The largest absolute Gasteiger partial charge is 0.494 e. The molecule has 2 N–H and O–H groups in total. The fourth-order valence-corrected chi connectivity index (χ4v) is 3.31. The molecule has 1 aliphatic rings. The van der Waals surface area contributed by atoms with Gasteiger partial charge in [0.25, 0.3) is 0 Å². The Morgan fingerprint density at radius 1 is 1.27 bits per heavy atom. The second-order valence-corrected chi connectivity index (χ2v) is 7.74. The summed E-state index contributed by atoms with van der Waals surface area (Å²) in [5.41, 5.74) is 1.15. The normalized spacial score (nSPS) is 20.3. The first-order valence-electron chi connectivity index (χ1n) is 9.27. The number of hydrogen-bond donors (Lipinski definition) is 2. The molecule has 0 aliphatic carbocycles. The first-order chi connectivity index (χ1) is 12.3. The van der Waals surface area contributed by atoms with E-state index in [4.69, 9.17) is 9.47 Å². The van der Waals surface area contributed by atoms with E-state index in [2.05, 4.69) is 0 Å². The van der Waals surface area contributed by atoms with Crippen molar-refractivity contribution < 1.29 is 24.5 Å². The van der Waals surface area contributed by atoms with Gasteiger partial charge < -0.3 is 24.6 Å². The van der Waals surface area contributed by atoms with E-state index in [1.807, 2.05) is 45.9 Å². The van der Waals surface area contributed by atoms with E-state index < -0.39 is 11.7 Å². The van der Waals surface area contributed by atoms with Gasteiger partial charge in [-0.05, 0) is 56.9 Å². The molecular formula is C20H31NO5. The Morgan fingerprint density at radius 2 is 2.00 bits per heavy atom. The summed E-state index contributed by atoms with van der Waals surface area (Å²) < 4.78 is 11.2. The summed E-state index contributed by atoms with van der Waals surface area (Å²) >= 11 is 0. The molecule has 1 amide bonds. The fraction of sp³-hybridized carbons (Fsp3) is 0.650. The monoisotopic (exact) mass is 365 g/mol. The molecule has 1 aromatic carbocycles. The van der Waals surface area contributed by atoms with Crippen molar-refractivity contribution in [3.05, 3.63) is 29.3 Å². The van der Waals surface area contributed by atoms with Crippen molar-refractivity contribution in [1.29, 1.82) is 0 Å². The van der Waals surface area contributed by atoms with Gasteiger partial charge in [0.1, 0.15) is 11.4 Å². The van der Waals surface area contributed by atoms with Gasteiger partial charge in [0.05, 0.1) is 25.9 Å². The predicted molar refractivity (Wildman–Crippen MR) is 99.3 cm³/mol. The number of rotatable bonds is 6. The smallest absolute Gasteiger partial charge is 0.410 e. The van der Waals surface area contributed by atoms with Gasteiger partial charge in [0.15, 0.2) is 0 Å². The second kappa shape index (κ2) is 8.73. The van der Waals surface area contributed by atoms with E-state index in [-0.39, 0.29) is 25.2 Å². The van der Waals surface area contributed by atoms with Gasteiger partial charge >= 0.3 is 6.09 Å². The first-order valence-corrected chi connectivity index (χ1v) is 9.27. The minimum Gasteiger partial charge on any atom is -0.494 e. The van der Waals surface area contributed by atoms with Crippen molar-refractivity contribution in [2.24, 2.45) is 0 Å². The van der Waals surface area contributed by atoms with E-state index in [0.717, 1.165) is 24.0 Å². The summed E-state index contributed by atoms with van der Waals surface area (Å²) in [6, 6.07) is 5.34. The average molecular weight is 365 g/mol. The number of aliphatic hydroxyl groups is 2. The highest BCUT2D eigenvalue weighted by molar-refractivity contribution is 5.69. The van der Waals surface area contributed by atoms with Crippen molar-refractivity contribution in [2.75, 3.05) is 19.8 Å². The maximum Gasteiger partial charge on any atom is 0.410 e. The van der Waals surface area contributed by atoms with Crippen LogP contribution in [0.5, 0.6) is 5.75 Å². The van der Waals surface area contributed by atoms with Gasteiger partial charge in [-0.1, -0.05) is 13.0 Å². The zero-order valence-electron chi connectivity index (χ0n) is 16.2. The summed E-state index contributed by atoms with van der Waals surface area (Å²) in [5.74, 6) is 0.684. The Kier molecular flexibility index (Phi) is 6.89. The first kappa shape index (κ1) is 20.5. The molecule has 6 heteroatoms. The minimum atomic E-state index is -0.576. The lowest BCUT2D eigenvalue weighted by molar-refractivity contribution is 0.0165. The maximum absolute atomic E-state index is 12.5. The maximum atomic E-state index is 12.5. The molecule has 1 aromatic rings. The zero-order chi connectivity index (χ0) is 19.3. The molecule has 1 heterocycles. The van der Waals surface area contributed by atoms with E-state index in [1.54, 1.807) is 4.90 Å². The Bertz CT molecular complexity index is 611. The van der Waals surface area contributed by atoms with Crippen LogP contribution in [0.4, 0.5) is 4.79 Å². The van der Waals surface area contributed by atoms with E-state index in [1.165, 1.54) is 0 Å². The van der Waals surface area contributed by atoms with Crippen molar-refractivity contribution >= 4 is 6.09 Å². The summed E-state index contributed by atoms with van der Waals surface area (Å²) in [6.45, 7) is 8.43. The van der Waals surface area contributed by atoms with Crippen LogP contribution in [0.15, 0.2) is 18.2 Å². The molecule has 1 aliphatic heterocycles. The molecule has 2 atom stereocenters. The SMILES string of the molecule is CCCOc1cc(CO)cc([C@H]2CCN(C(=O)OC(C)(C)C)[C@@H]2CO)c1. The van der Waals surface area contributed by atoms with Crippen molar-refractivity contribution in [3.8, 4) is 5.75 Å². The molecule has 146 valence electrons. The molecule has 6 nitrogen and oxygen atoms in total. The fourth-order valence-electron chi connectivity index (χ4n) is 3.31. The molecular weight excluding hydrogens is 334 g/mol. The summed E-state index contributed by atoms with van der Waals surface area (Å²) in [4.78, 5) is 14.1. The third-order valence-corrected chi connectivity index (χ3v) is 4.43. The Balaban J connectivity index is 2.23. The number of benzene rings is 1. The van der Waals surface area contributed by atoms with E-state index >= 15 is 0 Å². The molecule has 0 unspecified atom stereocenters. The zero-order valence-corrected chi connectivity index (χ0v) is 16.2. The second-order valence-electron chi connectivity index (χ2n) is 7.74. The van der Waals surface area contributed by atoms with Gasteiger partial charge in [-0.25, -0.2) is 4.79 Å². The lowest BCUT2D eigenvalue weighted by Gasteiger charge is -2.30. The molecule has 26 heavy (non-hydrogen) atoms. The van der Waals surface area contributed by atoms with Crippen LogP contribution in [0.3, 0.4) is 0 Å². The number of ether oxygens (including phenoxy) is 2. The van der Waals surface area contributed by atoms with Gasteiger partial charge in [-0.2, -0.15) is 0 Å². The molecule has 0 radical (unpaired) electrons. The number of aliphatic hydroxyl groups excluding tert-OH is 2. The van der Waals surface area contributed by atoms with E-state index in [9.17, 15) is 15.0 Å². The van der Waals surface area contributed by atoms with Crippen LogP contribution in [0.25, 0.3) is 0 Å². The molecule has 1 fully saturated rings. The standard InChI is InChI=1S/C20H31NO5/c1-5-8-25-16-10-14(12-22)9-15(11-16)17-6-7-21(18(17)13-23)19(24)26-20(2,3)4/h9-11,17-18,22-23H,5-8,12-13H2,1-4H3/t17-,18-/m1/s1. The van der Waals surface area contributed by atoms with Crippen molar-refractivity contribution in [2.45, 2.75) is 64.7 Å². The number of carbonyl (C=O) groups excluding carboxylic acids is 1. The summed E-state index contributed by atoms with van der Waals surface area (Å²) in [6.07, 6.45) is 1.22. The molecule has 2 rings (SSSR count). The number of amides is 1. The number of hydrogen-bond acceptors (Lipinski definition) is 5. The lowest BCUT2D eigenvalue weighted by Crippen LogP contribution is -2.42.